The molecular weight excluding hydrogens is 212 g/mol. The van der Waals surface area contributed by atoms with E-state index < -0.39 is 11.4 Å². The average molecular weight is 230 g/mol. The Morgan fingerprint density at radius 1 is 1.12 bits per heavy atom. The fraction of sp³-hybridized carbons (Fsp3) is 0.533. The molecule has 1 N–H and O–H groups in total. The predicted octanol–water partition coefficient (Wildman–Crippen LogP) is 3.46. The molecule has 2 nitrogen and oxygen atoms in total. The van der Waals surface area contributed by atoms with Gasteiger partial charge >= 0.3 is 5.97 Å². The van der Waals surface area contributed by atoms with Gasteiger partial charge in [0.2, 0.25) is 0 Å². The number of hydrogen-bond donors (Lipinski definition) is 1. The lowest BCUT2D eigenvalue weighted by Gasteiger charge is -2.38. The summed E-state index contributed by atoms with van der Waals surface area (Å²) in [5.41, 5.74) is 1.82. The Hall–Kier alpha value is -1.31. The van der Waals surface area contributed by atoms with Gasteiger partial charge in [-0.15, -0.1) is 0 Å². The highest BCUT2D eigenvalue weighted by molar-refractivity contribution is 5.82. The van der Waals surface area contributed by atoms with Crippen LogP contribution in [0.1, 0.15) is 55.6 Å². The van der Waals surface area contributed by atoms with Crippen LogP contribution in [0.2, 0.25) is 0 Å². The summed E-state index contributed by atoms with van der Waals surface area (Å²) in [4.78, 5) is 11.4. The Kier molecular flexibility index (Phi) is 2.46. The maximum Gasteiger partial charge on any atom is 0.314 e. The van der Waals surface area contributed by atoms with Crippen LogP contribution in [0.4, 0.5) is 0 Å². The molecule has 0 radical (unpaired) electrons. The Labute approximate surface area is 102 Å². The highest BCUT2D eigenvalue weighted by atomic mass is 16.4. The number of carboxylic acids is 1. The highest BCUT2D eigenvalue weighted by Crippen LogP contribution is 2.45. The van der Waals surface area contributed by atoms with Crippen LogP contribution >= 0.6 is 0 Å². The predicted molar refractivity (Wildman–Crippen MR) is 66.2 cm³/mol. The molecule has 0 aromatic heterocycles. The van der Waals surface area contributed by atoms with Crippen molar-refractivity contribution in [3.63, 3.8) is 0 Å². The third-order valence-corrected chi connectivity index (χ3v) is 4.66. The molecule has 1 aromatic carbocycles. The molecule has 2 fully saturated rings. The molecule has 0 atom stereocenters. The van der Waals surface area contributed by atoms with Gasteiger partial charge in [0.25, 0.3) is 0 Å². The molecule has 0 spiro atoms. The van der Waals surface area contributed by atoms with Gasteiger partial charge in [-0.05, 0) is 42.7 Å². The number of carboxylic acid groups (broad SMARTS) is 1. The van der Waals surface area contributed by atoms with Crippen LogP contribution in [0.3, 0.4) is 0 Å². The van der Waals surface area contributed by atoms with Crippen molar-refractivity contribution in [2.75, 3.05) is 0 Å². The van der Waals surface area contributed by atoms with E-state index in [1.807, 2.05) is 12.1 Å². The van der Waals surface area contributed by atoms with E-state index in [9.17, 15) is 9.90 Å². The lowest BCUT2D eigenvalue weighted by Crippen LogP contribution is -2.42. The molecule has 90 valence electrons. The van der Waals surface area contributed by atoms with Crippen LogP contribution in [0.15, 0.2) is 24.3 Å². The minimum atomic E-state index is -0.653. The van der Waals surface area contributed by atoms with Crippen molar-refractivity contribution in [3.05, 3.63) is 35.4 Å². The van der Waals surface area contributed by atoms with Crippen LogP contribution in [-0.4, -0.2) is 11.1 Å². The molecule has 17 heavy (non-hydrogen) atoms. The van der Waals surface area contributed by atoms with Crippen molar-refractivity contribution < 1.29 is 9.90 Å². The van der Waals surface area contributed by atoms with E-state index in [1.54, 1.807) is 0 Å². The van der Waals surface area contributed by atoms with Gasteiger partial charge in [-0.2, -0.15) is 0 Å². The van der Waals surface area contributed by atoms with E-state index in [-0.39, 0.29) is 0 Å². The maximum atomic E-state index is 11.4. The first kappa shape index (κ1) is 10.8. The standard InChI is InChI=1S/C15H18O2/c16-14(17)15(9-2-10-15)13-7-5-12(6-8-13)11-3-1-4-11/h5-8,11H,1-4,9-10H2,(H,16,17). The minimum absolute atomic E-state index is 0.571. The molecule has 1 aromatic rings. The lowest BCUT2D eigenvalue weighted by molar-refractivity contribution is -0.147. The van der Waals surface area contributed by atoms with Gasteiger partial charge in [0.15, 0.2) is 0 Å². The first-order chi connectivity index (χ1) is 8.22. The quantitative estimate of drug-likeness (QED) is 0.863. The number of carbonyl (C=O) groups is 1. The highest BCUT2D eigenvalue weighted by Gasteiger charge is 2.45. The molecule has 2 aliphatic carbocycles. The average Bonchev–Trinajstić information content (AvgIpc) is 2.15. The van der Waals surface area contributed by atoms with E-state index in [0.717, 1.165) is 30.7 Å². The molecule has 0 saturated heterocycles. The molecule has 0 bridgehead atoms. The van der Waals surface area contributed by atoms with Gasteiger partial charge in [0.1, 0.15) is 0 Å². The zero-order chi connectivity index (χ0) is 11.9. The van der Waals surface area contributed by atoms with Crippen molar-refractivity contribution in [2.24, 2.45) is 0 Å². The van der Waals surface area contributed by atoms with Crippen LogP contribution in [0.25, 0.3) is 0 Å². The lowest BCUT2D eigenvalue weighted by atomic mass is 9.64. The van der Waals surface area contributed by atoms with Gasteiger partial charge in [0, 0.05) is 0 Å². The fourth-order valence-electron chi connectivity index (χ4n) is 2.97. The summed E-state index contributed by atoms with van der Waals surface area (Å²) in [5, 5.41) is 9.37. The summed E-state index contributed by atoms with van der Waals surface area (Å²) in [6.07, 6.45) is 6.56. The topological polar surface area (TPSA) is 37.3 Å². The van der Waals surface area contributed by atoms with Gasteiger partial charge in [0.05, 0.1) is 5.41 Å². The van der Waals surface area contributed by atoms with E-state index >= 15 is 0 Å². The van der Waals surface area contributed by atoms with Gasteiger partial charge in [-0.25, -0.2) is 0 Å². The summed E-state index contributed by atoms with van der Waals surface area (Å²) in [6, 6.07) is 8.37. The normalized spacial score (nSPS) is 22.6. The molecule has 0 heterocycles. The Balaban J connectivity index is 1.86. The van der Waals surface area contributed by atoms with Gasteiger partial charge in [-0.3, -0.25) is 4.79 Å². The zero-order valence-corrected chi connectivity index (χ0v) is 9.98. The molecule has 0 amide bonds. The molecule has 2 saturated carbocycles. The summed E-state index contributed by atoms with van der Waals surface area (Å²) >= 11 is 0. The van der Waals surface area contributed by atoms with Crippen molar-refractivity contribution in [2.45, 2.75) is 49.9 Å². The van der Waals surface area contributed by atoms with Crippen LogP contribution in [0, 0.1) is 0 Å². The summed E-state index contributed by atoms with van der Waals surface area (Å²) in [7, 11) is 0. The maximum absolute atomic E-state index is 11.4. The first-order valence-corrected chi connectivity index (χ1v) is 6.56. The molecule has 0 unspecified atom stereocenters. The van der Waals surface area contributed by atoms with Crippen molar-refractivity contribution in [1.82, 2.24) is 0 Å². The summed E-state index contributed by atoms with van der Waals surface area (Å²) in [6.45, 7) is 0. The van der Waals surface area contributed by atoms with Crippen LogP contribution in [-0.2, 0) is 10.2 Å². The van der Waals surface area contributed by atoms with Gasteiger partial charge in [-0.1, -0.05) is 37.1 Å². The molecule has 2 heteroatoms. The monoisotopic (exact) mass is 230 g/mol. The van der Waals surface area contributed by atoms with Crippen molar-refractivity contribution in [3.8, 4) is 0 Å². The molecule has 3 rings (SSSR count). The van der Waals surface area contributed by atoms with E-state index in [0.29, 0.717) is 0 Å². The zero-order valence-electron chi connectivity index (χ0n) is 9.98. The molecule has 2 aliphatic rings. The van der Waals surface area contributed by atoms with Crippen LogP contribution in [0.5, 0.6) is 0 Å². The number of aliphatic carboxylic acids is 1. The van der Waals surface area contributed by atoms with Gasteiger partial charge < -0.3 is 5.11 Å². The summed E-state index contributed by atoms with van der Waals surface area (Å²) in [5.74, 6) is 0.0753. The van der Waals surface area contributed by atoms with Crippen LogP contribution < -0.4 is 0 Å². The Bertz CT molecular complexity index is 425. The van der Waals surface area contributed by atoms with Crippen molar-refractivity contribution >= 4 is 5.97 Å². The molecule has 0 aliphatic heterocycles. The third kappa shape index (κ3) is 1.58. The first-order valence-electron chi connectivity index (χ1n) is 6.56. The SMILES string of the molecule is O=C(O)C1(c2ccc(C3CCC3)cc2)CCC1. The second-order valence-electron chi connectivity index (χ2n) is 5.49. The second-order valence-corrected chi connectivity index (χ2v) is 5.49. The van der Waals surface area contributed by atoms with E-state index in [4.69, 9.17) is 0 Å². The number of benzene rings is 1. The molecular formula is C15H18O2. The van der Waals surface area contributed by atoms with E-state index in [1.165, 1.54) is 24.8 Å². The third-order valence-electron chi connectivity index (χ3n) is 4.66. The second kappa shape index (κ2) is 3.86. The smallest absolute Gasteiger partial charge is 0.314 e. The fourth-order valence-corrected chi connectivity index (χ4v) is 2.97. The van der Waals surface area contributed by atoms with E-state index in [2.05, 4.69) is 12.1 Å². The minimum Gasteiger partial charge on any atom is -0.481 e. The van der Waals surface area contributed by atoms with Crippen molar-refractivity contribution in [1.29, 1.82) is 0 Å². The Morgan fingerprint density at radius 3 is 2.12 bits per heavy atom. The number of rotatable bonds is 3. The number of hydrogen-bond acceptors (Lipinski definition) is 1. The largest absolute Gasteiger partial charge is 0.481 e. The summed E-state index contributed by atoms with van der Waals surface area (Å²) < 4.78 is 0. The Morgan fingerprint density at radius 2 is 1.76 bits per heavy atom.